The lowest BCUT2D eigenvalue weighted by atomic mass is 9.95. The summed E-state index contributed by atoms with van der Waals surface area (Å²) < 4.78 is 0. The molecule has 84 valence electrons. The SMILES string of the molecule is Cc1ccc([C@H](N)CCO)c2ccccc12. The average molecular weight is 215 g/mol. The average Bonchev–Trinajstić information content (AvgIpc) is 2.30. The van der Waals surface area contributed by atoms with Crippen molar-refractivity contribution in [3.63, 3.8) is 0 Å². The van der Waals surface area contributed by atoms with Crippen molar-refractivity contribution >= 4 is 10.8 Å². The summed E-state index contributed by atoms with van der Waals surface area (Å²) in [5.74, 6) is 0. The van der Waals surface area contributed by atoms with Crippen LogP contribution in [0.15, 0.2) is 36.4 Å². The minimum absolute atomic E-state index is 0.0875. The number of nitrogens with two attached hydrogens (primary N) is 1. The summed E-state index contributed by atoms with van der Waals surface area (Å²) >= 11 is 0. The van der Waals surface area contributed by atoms with Crippen molar-refractivity contribution in [2.75, 3.05) is 6.61 Å². The van der Waals surface area contributed by atoms with Gasteiger partial charge in [0.2, 0.25) is 0 Å². The molecule has 3 N–H and O–H groups in total. The molecule has 0 saturated carbocycles. The molecule has 0 unspecified atom stereocenters. The third kappa shape index (κ3) is 1.94. The van der Waals surface area contributed by atoms with E-state index in [1.165, 1.54) is 16.3 Å². The lowest BCUT2D eigenvalue weighted by molar-refractivity contribution is 0.277. The standard InChI is InChI=1S/C14H17NO/c1-10-6-7-13(14(15)8-9-16)12-5-3-2-4-11(10)12/h2-7,14,16H,8-9,15H2,1H3/t14-/m1/s1. The summed E-state index contributed by atoms with van der Waals surface area (Å²) in [5.41, 5.74) is 8.44. The lowest BCUT2D eigenvalue weighted by Crippen LogP contribution is -2.12. The van der Waals surface area contributed by atoms with Gasteiger partial charge in [-0.25, -0.2) is 0 Å². The Morgan fingerprint density at radius 1 is 1.12 bits per heavy atom. The van der Waals surface area contributed by atoms with Crippen molar-refractivity contribution in [2.24, 2.45) is 5.73 Å². The molecule has 0 spiro atoms. The fourth-order valence-corrected chi connectivity index (χ4v) is 2.09. The normalized spacial score (nSPS) is 12.9. The summed E-state index contributed by atoms with van der Waals surface area (Å²) in [6, 6.07) is 12.3. The highest BCUT2D eigenvalue weighted by atomic mass is 16.3. The summed E-state index contributed by atoms with van der Waals surface area (Å²) in [6.45, 7) is 2.23. The topological polar surface area (TPSA) is 46.2 Å². The molecule has 2 heteroatoms. The van der Waals surface area contributed by atoms with E-state index in [4.69, 9.17) is 10.8 Å². The zero-order valence-electron chi connectivity index (χ0n) is 9.48. The van der Waals surface area contributed by atoms with E-state index in [0.717, 1.165) is 5.56 Å². The highest BCUT2D eigenvalue weighted by Gasteiger charge is 2.09. The maximum Gasteiger partial charge on any atom is 0.0449 e. The molecule has 0 fully saturated rings. The van der Waals surface area contributed by atoms with Gasteiger partial charge < -0.3 is 10.8 Å². The minimum Gasteiger partial charge on any atom is -0.396 e. The number of fused-ring (bicyclic) bond motifs is 1. The number of rotatable bonds is 3. The second-order valence-corrected chi connectivity index (χ2v) is 4.14. The first-order chi connectivity index (χ1) is 7.74. The van der Waals surface area contributed by atoms with E-state index in [-0.39, 0.29) is 12.6 Å². The number of aliphatic hydroxyl groups excluding tert-OH is 1. The van der Waals surface area contributed by atoms with Gasteiger partial charge in [0.05, 0.1) is 0 Å². The Bertz CT molecular complexity index is 493. The summed E-state index contributed by atoms with van der Waals surface area (Å²) in [7, 11) is 0. The van der Waals surface area contributed by atoms with E-state index in [1.54, 1.807) is 0 Å². The predicted octanol–water partition coefficient (Wildman–Crippen LogP) is 2.53. The van der Waals surface area contributed by atoms with Gasteiger partial charge in [0.15, 0.2) is 0 Å². The van der Waals surface area contributed by atoms with Crippen LogP contribution in [0.25, 0.3) is 10.8 Å². The van der Waals surface area contributed by atoms with Crippen molar-refractivity contribution in [3.8, 4) is 0 Å². The molecule has 0 aliphatic heterocycles. The van der Waals surface area contributed by atoms with Crippen molar-refractivity contribution in [1.29, 1.82) is 0 Å². The molecule has 2 aromatic rings. The van der Waals surface area contributed by atoms with Crippen LogP contribution in [-0.2, 0) is 0 Å². The Labute approximate surface area is 95.7 Å². The van der Waals surface area contributed by atoms with E-state index in [1.807, 2.05) is 12.1 Å². The minimum atomic E-state index is -0.0875. The zero-order chi connectivity index (χ0) is 11.5. The van der Waals surface area contributed by atoms with Crippen LogP contribution in [-0.4, -0.2) is 11.7 Å². The molecule has 0 heterocycles. The van der Waals surface area contributed by atoms with Crippen molar-refractivity contribution in [2.45, 2.75) is 19.4 Å². The van der Waals surface area contributed by atoms with Crippen molar-refractivity contribution < 1.29 is 5.11 Å². The van der Waals surface area contributed by atoms with Gasteiger partial charge in [0.1, 0.15) is 0 Å². The van der Waals surface area contributed by atoms with Crippen LogP contribution in [0.4, 0.5) is 0 Å². The molecule has 0 aliphatic carbocycles. The molecule has 0 aliphatic rings. The smallest absolute Gasteiger partial charge is 0.0449 e. The monoisotopic (exact) mass is 215 g/mol. The number of hydrogen-bond acceptors (Lipinski definition) is 2. The maximum atomic E-state index is 8.94. The molecule has 0 aromatic heterocycles. The van der Waals surface area contributed by atoms with Gasteiger partial charge >= 0.3 is 0 Å². The molecule has 0 bridgehead atoms. The molecular formula is C14H17NO. The molecule has 16 heavy (non-hydrogen) atoms. The van der Waals surface area contributed by atoms with Gasteiger partial charge in [0.25, 0.3) is 0 Å². The Hall–Kier alpha value is -1.38. The Kier molecular flexibility index (Phi) is 3.22. The van der Waals surface area contributed by atoms with Gasteiger partial charge in [0, 0.05) is 12.6 Å². The molecule has 2 rings (SSSR count). The number of aryl methyl sites for hydroxylation is 1. The second-order valence-electron chi connectivity index (χ2n) is 4.14. The van der Waals surface area contributed by atoms with Gasteiger partial charge in [-0.15, -0.1) is 0 Å². The molecule has 0 radical (unpaired) electrons. The number of hydrogen-bond donors (Lipinski definition) is 2. The third-order valence-corrected chi connectivity index (χ3v) is 3.02. The first-order valence-electron chi connectivity index (χ1n) is 5.58. The molecule has 0 saturated heterocycles. The summed E-state index contributed by atoms with van der Waals surface area (Å²) in [4.78, 5) is 0. The fraction of sp³-hybridized carbons (Fsp3) is 0.286. The zero-order valence-corrected chi connectivity index (χ0v) is 9.48. The van der Waals surface area contributed by atoms with E-state index in [9.17, 15) is 0 Å². The van der Waals surface area contributed by atoms with Gasteiger partial charge in [-0.05, 0) is 35.2 Å². The predicted molar refractivity (Wildman–Crippen MR) is 67.3 cm³/mol. The van der Waals surface area contributed by atoms with Gasteiger partial charge in [-0.3, -0.25) is 0 Å². The third-order valence-electron chi connectivity index (χ3n) is 3.02. The first kappa shape index (κ1) is 11.1. The highest BCUT2D eigenvalue weighted by molar-refractivity contribution is 5.88. The summed E-state index contributed by atoms with van der Waals surface area (Å²) in [5, 5.41) is 11.4. The van der Waals surface area contributed by atoms with Crippen LogP contribution in [0, 0.1) is 6.92 Å². The van der Waals surface area contributed by atoms with E-state index < -0.39 is 0 Å². The quantitative estimate of drug-likeness (QED) is 0.826. The van der Waals surface area contributed by atoms with Crippen molar-refractivity contribution in [1.82, 2.24) is 0 Å². The van der Waals surface area contributed by atoms with E-state index >= 15 is 0 Å². The molecule has 1 atom stereocenters. The summed E-state index contributed by atoms with van der Waals surface area (Å²) in [6.07, 6.45) is 0.604. The maximum absolute atomic E-state index is 8.94. The Morgan fingerprint density at radius 3 is 2.50 bits per heavy atom. The highest BCUT2D eigenvalue weighted by Crippen LogP contribution is 2.27. The molecule has 0 amide bonds. The first-order valence-corrected chi connectivity index (χ1v) is 5.58. The van der Waals surface area contributed by atoms with Crippen LogP contribution in [0.2, 0.25) is 0 Å². The largest absolute Gasteiger partial charge is 0.396 e. The Balaban J connectivity index is 2.58. The van der Waals surface area contributed by atoms with Crippen LogP contribution in [0.1, 0.15) is 23.6 Å². The van der Waals surface area contributed by atoms with Crippen LogP contribution >= 0.6 is 0 Å². The molecular weight excluding hydrogens is 198 g/mol. The second kappa shape index (κ2) is 4.64. The van der Waals surface area contributed by atoms with Crippen LogP contribution < -0.4 is 5.73 Å². The van der Waals surface area contributed by atoms with Crippen LogP contribution in [0.5, 0.6) is 0 Å². The molecule has 2 aromatic carbocycles. The van der Waals surface area contributed by atoms with E-state index in [0.29, 0.717) is 6.42 Å². The van der Waals surface area contributed by atoms with Crippen LogP contribution in [0.3, 0.4) is 0 Å². The lowest BCUT2D eigenvalue weighted by Gasteiger charge is -2.14. The van der Waals surface area contributed by atoms with Gasteiger partial charge in [-0.2, -0.15) is 0 Å². The number of benzene rings is 2. The Morgan fingerprint density at radius 2 is 1.81 bits per heavy atom. The fourth-order valence-electron chi connectivity index (χ4n) is 2.09. The number of aliphatic hydroxyl groups is 1. The molecule has 2 nitrogen and oxygen atoms in total. The van der Waals surface area contributed by atoms with Crippen molar-refractivity contribution in [3.05, 3.63) is 47.5 Å². The van der Waals surface area contributed by atoms with E-state index in [2.05, 4.69) is 31.2 Å². The van der Waals surface area contributed by atoms with Gasteiger partial charge in [-0.1, -0.05) is 36.4 Å².